The minimum Gasteiger partial charge on any atom is -0.166 e. The number of benzene rings is 1. The van der Waals surface area contributed by atoms with Crippen LogP contribution >= 0.6 is 0 Å². The third-order valence-electron chi connectivity index (χ3n) is 2.41. The van der Waals surface area contributed by atoms with Crippen LogP contribution in [-0.2, 0) is 12.4 Å². The number of halogens is 6. The van der Waals surface area contributed by atoms with E-state index < -0.39 is 29.2 Å². The highest BCUT2D eigenvalue weighted by molar-refractivity contribution is 5.41. The van der Waals surface area contributed by atoms with E-state index in [0.717, 1.165) is 4.80 Å². The molecule has 0 unspecified atom stereocenters. The van der Waals surface area contributed by atoms with Crippen LogP contribution in [0.15, 0.2) is 24.4 Å². The quantitative estimate of drug-likeness (QED) is 0.752. The van der Waals surface area contributed by atoms with Crippen LogP contribution in [0.1, 0.15) is 16.8 Å². The maximum atomic E-state index is 12.6. The molecule has 1 heterocycles. The Morgan fingerprint density at radius 2 is 1.40 bits per heavy atom. The van der Waals surface area contributed by atoms with Crippen LogP contribution < -0.4 is 0 Å². The van der Waals surface area contributed by atoms with Gasteiger partial charge in [0.1, 0.15) is 0 Å². The van der Waals surface area contributed by atoms with Crippen molar-refractivity contribution >= 4 is 0 Å². The molecule has 1 aromatic heterocycles. The van der Waals surface area contributed by atoms with E-state index in [-0.39, 0.29) is 6.07 Å². The Kier molecular flexibility index (Phi) is 3.23. The first kappa shape index (κ1) is 14.4. The fraction of sp³-hybridized carbons (Fsp3) is 0.273. The Bertz CT molecular complexity index is 594. The molecule has 20 heavy (non-hydrogen) atoms. The van der Waals surface area contributed by atoms with Gasteiger partial charge in [-0.3, -0.25) is 0 Å². The molecular weight excluding hydrogens is 288 g/mol. The molecule has 108 valence electrons. The summed E-state index contributed by atoms with van der Waals surface area (Å²) < 4.78 is 75.8. The first-order valence-corrected chi connectivity index (χ1v) is 5.26. The van der Waals surface area contributed by atoms with Crippen LogP contribution in [0.4, 0.5) is 26.3 Å². The Morgan fingerprint density at radius 3 is 1.75 bits per heavy atom. The topological polar surface area (TPSA) is 30.7 Å². The molecule has 0 saturated heterocycles. The molecule has 0 aliphatic rings. The van der Waals surface area contributed by atoms with Crippen molar-refractivity contribution in [3.63, 3.8) is 0 Å². The molecule has 0 N–H and O–H groups in total. The summed E-state index contributed by atoms with van der Waals surface area (Å²) in [5.41, 5.74) is -2.84. The predicted molar refractivity (Wildman–Crippen MR) is 56.1 cm³/mol. The van der Waals surface area contributed by atoms with Crippen LogP contribution in [0.5, 0.6) is 0 Å². The van der Waals surface area contributed by atoms with Crippen molar-refractivity contribution in [2.24, 2.45) is 0 Å². The molecule has 2 rings (SSSR count). The van der Waals surface area contributed by atoms with Gasteiger partial charge in [-0.25, -0.2) is 0 Å². The predicted octanol–water partition coefficient (Wildman–Crippen LogP) is 3.61. The molecule has 0 amide bonds. The molecule has 2 aromatic rings. The van der Waals surface area contributed by atoms with Gasteiger partial charge >= 0.3 is 12.4 Å². The Balaban J connectivity index is 2.63. The second kappa shape index (κ2) is 4.50. The minimum atomic E-state index is -4.89. The van der Waals surface area contributed by atoms with Gasteiger partial charge in [-0.05, 0) is 25.1 Å². The average Bonchev–Trinajstić information content (AvgIpc) is 2.73. The molecule has 0 bridgehead atoms. The third kappa shape index (κ3) is 2.91. The van der Waals surface area contributed by atoms with Gasteiger partial charge in [-0.1, -0.05) is 0 Å². The zero-order valence-electron chi connectivity index (χ0n) is 9.92. The maximum Gasteiger partial charge on any atom is 0.416 e. The van der Waals surface area contributed by atoms with Crippen LogP contribution in [0.3, 0.4) is 0 Å². The lowest BCUT2D eigenvalue weighted by Crippen LogP contribution is -2.13. The first-order chi connectivity index (χ1) is 9.07. The van der Waals surface area contributed by atoms with E-state index in [1.165, 1.54) is 13.1 Å². The van der Waals surface area contributed by atoms with E-state index in [9.17, 15) is 26.3 Å². The summed E-state index contributed by atoms with van der Waals surface area (Å²) in [6.07, 6.45) is -8.55. The van der Waals surface area contributed by atoms with Crippen molar-refractivity contribution in [2.45, 2.75) is 19.3 Å². The molecule has 0 aliphatic heterocycles. The van der Waals surface area contributed by atoms with Gasteiger partial charge in [0, 0.05) is 0 Å². The van der Waals surface area contributed by atoms with Gasteiger partial charge in [-0.15, -0.1) is 0 Å². The van der Waals surface area contributed by atoms with Crippen molar-refractivity contribution < 1.29 is 26.3 Å². The van der Waals surface area contributed by atoms with E-state index in [0.29, 0.717) is 17.8 Å². The molecule has 0 radical (unpaired) electrons. The first-order valence-electron chi connectivity index (χ1n) is 5.26. The van der Waals surface area contributed by atoms with Gasteiger partial charge in [0.15, 0.2) is 0 Å². The number of nitrogens with zero attached hydrogens (tertiary/aromatic N) is 3. The summed E-state index contributed by atoms with van der Waals surface area (Å²) in [5.74, 6) is 0. The second-order valence-electron chi connectivity index (χ2n) is 4.04. The monoisotopic (exact) mass is 295 g/mol. The maximum absolute atomic E-state index is 12.6. The van der Waals surface area contributed by atoms with Crippen LogP contribution in [0.2, 0.25) is 0 Å². The minimum absolute atomic E-state index is 0.0554. The number of aromatic nitrogens is 3. The van der Waals surface area contributed by atoms with Gasteiger partial charge in [0.25, 0.3) is 0 Å². The van der Waals surface area contributed by atoms with E-state index in [1.54, 1.807) is 0 Å². The second-order valence-corrected chi connectivity index (χ2v) is 4.04. The Hall–Kier alpha value is -2.06. The van der Waals surface area contributed by atoms with E-state index in [4.69, 9.17) is 0 Å². The molecule has 3 nitrogen and oxygen atoms in total. The lowest BCUT2D eigenvalue weighted by molar-refractivity contribution is -0.143. The van der Waals surface area contributed by atoms with Crippen LogP contribution in [-0.4, -0.2) is 15.0 Å². The molecular formula is C11H7F6N3. The number of alkyl halides is 6. The van der Waals surface area contributed by atoms with Crippen molar-refractivity contribution in [1.82, 2.24) is 15.0 Å². The SMILES string of the molecule is Cc1cnn(-c2cc(C(F)(F)F)cc(C(F)(F)F)c2)n1. The van der Waals surface area contributed by atoms with Gasteiger partial charge in [0.05, 0.1) is 28.7 Å². The number of hydrogen-bond donors (Lipinski definition) is 0. The van der Waals surface area contributed by atoms with Crippen molar-refractivity contribution in [3.8, 4) is 5.69 Å². The summed E-state index contributed by atoms with van der Waals surface area (Å²) in [6, 6.07) is 1.18. The summed E-state index contributed by atoms with van der Waals surface area (Å²) in [4.78, 5) is 0.722. The summed E-state index contributed by atoms with van der Waals surface area (Å²) in [7, 11) is 0. The van der Waals surface area contributed by atoms with Gasteiger partial charge in [0.2, 0.25) is 0 Å². The molecule has 0 fully saturated rings. The molecule has 9 heteroatoms. The standard InChI is InChI=1S/C11H7F6N3/c1-6-5-18-20(19-6)9-3-7(10(12,13)14)2-8(4-9)11(15,16)17/h2-5H,1H3. The zero-order valence-corrected chi connectivity index (χ0v) is 9.92. The Labute approximate surface area is 108 Å². The molecule has 0 saturated carbocycles. The highest BCUT2D eigenvalue weighted by atomic mass is 19.4. The summed E-state index contributed by atoms with van der Waals surface area (Å²) in [6.45, 7) is 1.52. The fourth-order valence-electron chi connectivity index (χ4n) is 1.52. The molecule has 0 aliphatic carbocycles. The highest BCUT2D eigenvalue weighted by Crippen LogP contribution is 2.36. The van der Waals surface area contributed by atoms with Crippen molar-refractivity contribution in [1.29, 1.82) is 0 Å². The van der Waals surface area contributed by atoms with E-state index in [2.05, 4.69) is 10.2 Å². The van der Waals surface area contributed by atoms with Crippen LogP contribution in [0, 0.1) is 6.92 Å². The van der Waals surface area contributed by atoms with Gasteiger partial charge < -0.3 is 0 Å². The highest BCUT2D eigenvalue weighted by Gasteiger charge is 2.37. The van der Waals surface area contributed by atoms with E-state index in [1.807, 2.05) is 0 Å². The molecule has 0 spiro atoms. The summed E-state index contributed by atoms with van der Waals surface area (Å²) in [5, 5.41) is 7.30. The van der Waals surface area contributed by atoms with Gasteiger partial charge in [-0.2, -0.15) is 41.3 Å². The van der Waals surface area contributed by atoms with Crippen molar-refractivity contribution in [2.75, 3.05) is 0 Å². The number of aryl methyl sites for hydroxylation is 1. The normalized spacial score (nSPS) is 12.8. The largest absolute Gasteiger partial charge is 0.416 e. The number of rotatable bonds is 1. The lowest BCUT2D eigenvalue weighted by Gasteiger charge is -2.13. The van der Waals surface area contributed by atoms with Crippen LogP contribution in [0.25, 0.3) is 5.69 Å². The molecule has 1 aromatic carbocycles. The zero-order chi connectivity index (χ0) is 15.1. The number of hydrogen-bond acceptors (Lipinski definition) is 2. The smallest absolute Gasteiger partial charge is 0.166 e. The van der Waals surface area contributed by atoms with Crippen molar-refractivity contribution in [3.05, 3.63) is 41.2 Å². The lowest BCUT2D eigenvalue weighted by atomic mass is 10.1. The van der Waals surface area contributed by atoms with E-state index >= 15 is 0 Å². The Morgan fingerprint density at radius 1 is 0.900 bits per heavy atom. The molecule has 0 atom stereocenters. The average molecular weight is 295 g/mol. The third-order valence-corrected chi connectivity index (χ3v) is 2.41. The fourth-order valence-corrected chi connectivity index (χ4v) is 1.52. The summed E-state index contributed by atoms with van der Waals surface area (Å²) >= 11 is 0.